The van der Waals surface area contributed by atoms with E-state index in [4.69, 9.17) is 27.9 Å². The zero-order valence-corrected chi connectivity index (χ0v) is 19.5. The fourth-order valence-electron chi connectivity index (χ4n) is 4.92. The summed E-state index contributed by atoms with van der Waals surface area (Å²) >= 11 is 12.4. The average molecular weight is 498 g/mol. The molecule has 1 unspecified atom stereocenters. The highest BCUT2D eigenvalue weighted by atomic mass is 35.5. The van der Waals surface area contributed by atoms with Crippen molar-refractivity contribution in [1.82, 2.24) is 4.90 Å². The maximum absolute atomic E-state index is 13.1. The maximum Gasteiger partial charge on any atom is 0.410 e. The van der Waals surface area contributed by atoms with E-state index >= 15 is 0 Å². The summed E-state index contributed by atoms with van der Waals surface area (Å²) in [5, 5.41) is 15.7. The predicted octanol–water partition coefficient (Wildman–Crippen LogP) is 6.77. The van der Waals surface area contributed by atoms with Gasteiger partial charge in [-0.05, 0) is 41.3 Å². The van der Waals surface area contributed by atoms with E-state index in [0.717, 1.165) is 23.1 Å². The van der Waals surface area contributed by atoms with E-state index in [0.29, 0.717) is 22.3 Å². The molecule has 0 saturated carbocycles. The number of ether oxygens (including phenoxy) is 1. The number of hydrogen-bond acceptors (Lipinski definition) is 5. The van der Waals surface area contributed by atoms with Crippen molar-refractivity contribution in [2.24, 2.45) is 5.92 Å². The van der Waals surface area contributed by atoms with Crippen molar-refractivity contribution in [3.05, 3.63) is 104 Å². The summed E-state index contributed by atoms with van der Waals surface area (Å²) in [6.45, 7) is 0.689. The topological polar surface area (TPSA) is 84.7 Å². The van der Waals surface area contributed by atoms with Crippen molar-refractivity contribution in [1.29, 1.82) is 0 Å². The van der Waals surface area contributed by atoms with E-state index in [1.54, 1.807) is 23.1 Å². The molecule has 0 bridgehead atoms. The van der Waals surface area contributed by atoms with Gasteiger partial charge in [0.15, 0.2) is 0 Å². The van der Waals surface area contributed by atoms with Gasteiger partial charge in [-0.15, -0.1) is 0 Å². The first kappa shape index (κ1) is 22.5. The van der Waals surface area contributed by atoms with Crippen LogP contribution < -0.4 is 5.32 Å². The Balaban J connectivity index is 1.49. The van der Waals surface area contributed by atoms with Gasteiger partial charge >= 0.3 is 6.09 Å². The molecule has 0 spiro atoms. The number of hydrogen-bond donors (Lipinski definition) is 1. The van der Waals surface area contributed by atoms with Crippen LogP contribution >= 0.6 is 23.2 Å². The van der Waals surface area contributed by atoms with Crippen LogP contribution in [0.3, 0.4) is 0 Å². The molecule has 0 aromatic heterocycles. The number of nitro benzene ring substituents is 1. The third kappa shape index (κ3) is 4.17. The number of likely N-dealkylation sites (tertiary alicyclic amines) is 1. The van der Waals surface area contributed by atoms with Crippen molar-refractivity contribution in [2.45, 2.75) is 25.1 Å². The molecule has 34 heavy (non-hydrogen) atoms. The van der Waals surface area contributed by atoms with Gasteiger partial charge in [0.25, 0.3) is 5.69 Å². The lowest BCUT2D eigenvalue weighted by atomic mass is 9.80. The van der Waals surface area contributed by atoms with Gasteiger partial charge in [0, 0.05) is 30.3 Å². The number of nitrogens with one attached hydrogen (secondary N) is 1. The van der Waals surface area contributed by atoms with Gasteiger partial charge in [-0.2, -0.15) is 0 Å². The summed E-state index contributed by atoms with van der Waals surface area (Å²) in [6, 6.07) is 19.2. The molecular weight excluding hydrogens is 477 g/mol. The van der Waals surface area contributed by atoms with E-state index in [2.05, 4.69) is 5.32 Å². The van der Waals surface area contributed by atoms with Crippen LogP contribution in [0.2, 0.25) is 10.0 Å². The number of rotatable bonds is 4. The van der Waals surface area contributed by atoms with E-state index in [-0.39, 0.29) is 30.3 Å². The third-order valence-corrected chi connectivity index (χ3v) is 7.23. The SMILES string of the molecule is O=C(OCc1ccccc1)N1CC[C@H]2C(c3ccc(Cl)c(Cl)c3)Nc3cc([N+](=O)[O-])ccc3[C@H]21. The Morgan fingerprint density at radius 1 is 1.09 bits per heavy atom. The van der Waals surface area contributed by atoms with Crippen LogP contribution in [0.5, 0.6) is 0 Å². The summed E-state index contributed by atoms with van der Waals surface area (Å²) in [5.74, 6) is 0.0236. The standard InChI is InChI=1S/C25H21Cl2N3O4/c26-20-9-6-16(12-21(20)27)23-19-10-11-29(25(31)34-14-15-4-2-1-3-5-15)24(19)18-8-7-17(30(32)33)13-22(18)28-23/h1-9,12-13,19,23-24,28H,10-11,14H2/t19-,23?,24+/m0/s1. The summed E-state index contributed by atoms with van der Waals surface area (Å²) in [4.78, 5) is 25.8. The number of amides is 1. The summed E-state index contributed by atoms with van der Waals surface area (Å²) < 4.78 is 5.63. The monoisotopic (exact) mass is 497 g/mol. The van der Waals surface area contributed by atoms with E-state index < -0.39 is 11.0 Å². The van der Waals surface area contributed by atoms with Gasteiger partial charge in [-0.3, -0.25) is 10.1 Å². The number of anilines is 1. The predicted molar refractivity (Wildman–Crippen MR) is 130 cm³/mol. The molecule has 9 heteroatoms. The van der Waals surface area contributed by atoms with Gasteiger partial charge in [-0.1, -0.05) is 59.6 Å². The fraction of sp³-hybridized carbons (Fsp3) is 0.240. The second-order valence-electron chi connectivity index (χ2n) is 8.46. The van der Waals surface area contributed by atoms with Gasteiger partial charge < -0.3 is 15.0 Å². The second kappa shape index (κ2) is 9.16. The van der Waals surface area contributed by atoms with Crippen LogP contribution in [0.4, 0.5) is 16.2 Å². The first-order valence-corrected chi connectivity index (χ1v) is 11.6. The highest BCUT2D eigenvalue weighted by molar-refractivity contribution is 6.42. The first-order chi connectivity index (χ1) is 16.4. The molecule has 2 heterocycles. The quantitative estimate of drug-likeness (QED) is 0.317. The minimum Gasteiger partial charge on any atom is -0.445 e. The number of carbonyl (C=O) groups excluding carboxylic acids is 1. The third-order valence-electron chi connectivity index (χ3n) is 6.49. The Morgan fingerprint density at radius 2 is 1.88 bits per heavy atom. The number of nitro groups is 1. The van der Waals surface area contributed by atoms with Crippen molar-refractivity contribution in [2.75, 3.05) is 11.9 Å². The smallest absolute Gasteiger partial charge is 0.410 e. The van der Waals surface area contributed by atoms with Gasteiger partial charge in [0.05, 0.1) is 27.1 Å². The van der Waals surface area contributed by atoms with E-state index in [9.17, 15) is 14.9 Å². The fourth-order valence-corrected chi connectivity index (χ4v) is 5.23. The van der Waals surface area contributed by atoms with Crippen LogP contribution in [-0.4, -0.2) is 22.5 Å². The number of fused-ring (bicyclic) bond motifs is 3. The average Bonchev–Trinajstić information content (AvgIpc) is 3.29. The molecule has 7 nitrogen and oxygen atoms in total. The lowest BCUT2D eigenvalue weighted by molar-refractivity contribution is -0.384. The largest absolute Gasteiger partial charge is 0.445 e. The van der Waals surface area contributed by atoms with Crippen LogP contribution in [-0.2, 0) is 11.3 Å². The molecule has 2 aliphatic rings. The number of nitrogens with zero attached hydrogens (tertiary/aromatic N) is 2. The second-order valence-corrected chi connectivity index (χ2v) is 9.27. The molecule has 1 amide bonds. The van der Waals surface area contributed by atoms with Gasteiger partial charge in [0.1, 0.15) is 6.61 Å². The van der Waals surface area contributed by atoms with E-state index in [1.807, 2.05) is 36.4 Å². The summed E-state index contributed by atoms with van der Waals surface area (Å²) in [5.41, 5.74) is 3.24. The van der Waals surface area contributed by atoms with Crippen LogP contribution in [0.1, 0.15) is 35.2 Å². The molecule has 174 valence electrons. The number of non-ortho nitro benzene ring substituents is 1. The zero-order chi connectivity index (χ0) is 23.8. The molecule has 1 fully saturated rings. The molecule has 2 aliphatic heterocycles. The van der Waals surface area contributed by atoms with Gasteiger partial charge in [0.2, 0.25) is 0 Å². The van der Waals surface area contributed by atoms with Crippen molar-refractivity contribution in [3.63, 3.8) is 0 Å². The maximum atomic E-state index is 13.1. The highest BCUT2D eigenvalue weighted by Crippen LogP contribution is 2.52. The molecule has 5 rings (SSSR count). The molecule has 3 aromatic carbocycles. The van der Waals surface area contributed by atoms with Crippen LogP contribution in [0.15, 0.2) is 66.7 Å². The zero-order valence-electron chi connectivity index (χ0n) is 18.0. The lowest BCUT2D eigenvalue weighted by Gasteiger charge is -2.39. The molecule has 1 N–H and O–H groups in total. The van der Waals surface area contributed by atoms with Gasteiger partial charge in [-0.25, -0.2) is 4.79 Å². The molecule has 0 radical (unpaired) electrons. The molecule has 3 aromatic rings. The molecule has 1 saturated heterocycles. The van der Waals surface area contributed by atoms with Crippen molar-refractivity contribution >= 4 is 40.7 Å². The van der Waals surface area contributed by atoms with Crippen molar-refractivity contribution < 1.29 is 14.5 Å². The van der Waals surface area contributed by atoms with Crippen LogP contribution in [0.25, 0.3) is 0 Å². The highest BCUT2D eigenvalue weighted by Gasteiger charge is 2.47. The Morgan fingerprint density at radius 3 is 2.62 bits per heavy atom. The molecule has 3 atom stereocenters. The Bertz CT molecular complexity index is 1250. The number of carbonyl (C=O) groups is 1. The first-order valence-electron chi connectivity index (χ1n) is 10.9. The Hall–Kier alpha value is -3.29. The molecule has 0 aliphatic carbocycles. The normalized spacial score (nSPS) is 20.8. The van der Waals surface area contributed by atoms with Crippen molar-refractivity contribution in [3.8, 4) is 0 Å². The Labute approximate surface area is 206 Å². The van der Waals surface area contributed by atoms with E-state index in [1.165, 1.54) is 12.1 Å². The molecular formula is C25H21Cl2N3O4. The Kier molecular flexibility index (Phi) is 6.06. The number of benzene rings is 3. The lowest BCUT2D eigenvalue weighted by Crippen LogP contribution is -2.37. The summed E-state index contributed by atoms with van der Waals surface area (Å²) in [6.07, 6.45) is 0.329. The minimum absolute atomic E-state index is 0.0196. The number of halogens is 2. The summed E-state index contributed by atoms with van der Waals surface area (Å²) in [7, 11) is 0. The van der Waals surface area contributed by atoms with Crippen LogP contribution in [0, 0.1) is 16.0 Å². The minimum atomic E-state index is -0.428.